The molecule has 0 spiro atoms. The highest BCUT2D eigenvalue weighted by atomic mass is 19.4. The van der Waals surface area contributed by atoms with Gasteiger partial charge in [-0.2, -0.15) is 13.2 Å². The fourth-order valence-electron chi connectivity index (χ4n) is 2.32. The predicted molar refractivity (Wildman–Crippen MR) is 72.8 cm³/mol. The van der Waals surface area contributed by atoms with E-state index in [9.17, 15) is 13.2 Å². The first kappa shape index (κ1) is 15.1. The summed E-state index contributed by atoms with van der Waals surface area (Å²) in [5, 5.41) is 0. The molecule has 0 aliphatic carbocycles. The van der Waals surface area contributed by atoms with Crippen molar-refractivity contribution in [2.75, 3.05) is 37.6 Å². The van der Waals surface area contributed by atoms with E-state index < -0.39 is 11.7 Å². The molecule has 0 amide bonds. The maximum absolute atomic E-state index is 12.5. The molecule has 1 aliphatic rings. The van der Waals surface area contributed by atoms with Crippen molar-refractivity contribution in [2.45, 2.75) is 25.9 Å². The van der Waals surface area contributed by atoms with Gasteiger partial charge >= 0.3 is 6.18 Å². The van der Waals surface area contributed by atoms with Crippen LogP contribution in [0, 0.1) is 0 Å². The Morgan fingerprint density at radius 1 is 1.15 bits per heavy atom. The third-order valence-corrected chi connectivity index (χ3v) is 3.60. The van der Waals surface area contributed by atoms with E-state index in [0.717, 1.165) is 45.0 Å². The van der Waals surface area contributed by atoms with Gasteiger partial charge in [-0.05, 0) is 25.1 Å². The number of anilines is 1. The molecule has 1 aromatic rings. The zero-order chi connectivity index (χ0) is 14.6. The lowest BCUT2D eigenvalue weighted by Gasteiger charge is -2.35. The maximum Gasteiger partial charge on any atom is 0.417 e. The number of nitrogens with zero attached hydrogens (tertiary/aromatic N) is 3. The molecular weight excluding hydrogens is 267 g/mol. The Bertz CT molecular complexity index is 409. The second kappa shape index (κ2) is 6.43. The summed E-state index contributed by atoms with van der Waals surface area (Å²) >= 11 is 0. The highest BCUT2D eigenvalue weighted by molar-refractivity contribution is 5.40. The number of hydrogen-bond acceptors (Lipinski definition) is 3. The molecule has 3 nitrogen and oxygen atoms in total. The normalized spacial score (nSPS) is 17.5. The Morgan fingerprint density at radius 3 is 2.35 bits per heavy atom. The molecule has 2 heterocycles. The zero-order valence-corrected chi connectivity index (χ0v) is 11.7. The van der Waals surface area contributed by atoms with Gasteiger partial charge in [0, 0.05) is 32.4 Å². The topological polar surface area (TPSA) is 19.4 Å². The van der Waals surface area contributed by atoms with Gasteiger partial charge in [0.1, 0.15) is 5.82 Å². The van der Waals surface area contributed by atoms with Crippen LogP contribution in [0.25, 0.3) is 0 Å². The monoisotopic (exact) mass is 287 g/mol. The molecule has 0 N–H and O–H groups in total. The highest BCUT2D eigenvalue weighted by Gasteiger charge is 2.31. The lowest BCUT2D eigenvalue weighted by atomic mass is 10.2. The Morgan fingerprint density at radius 2 is 1.85 bits per heavy atom. The number of alkyl halides is 3. The van der Waals surface area contributed by atoms with Gasteiger partial charge < -0.3 is 4.90 Å². The van der Waals surface area contributed by atoms with E-state index in [1.165, 1.54) is 18.9 Å². The van der Waals surface area contributed by atoms with Crippen molar-refractivity contribution in [3.05, 3.63) is 23.9 Å². The van der Waals surface area contributed by atoms with Crippen LogP contribution in [0.4, 0.5) is 19.0 Å². The zero-order valence-electron chi connectivity index (χ0n) is 11.7. The van der Waals surface area contributed by atoms with E-state index in [1.54, 1.807) is 0 Å². The van der Waals surface area contributed by atoms with E-state index >= 15 is 0 Å². The van der Waals surface area contributed by atoms with Crippen LogP contribution < -0.4 is 4.90 Å². The van der Waals surface area contributed by atoms with Crippen LogP contribution in [0.3, 0.4) is 0 Å². The number of piperazine rings is 1. The number of hydrogen-bond donors (Lipinski definition) is 0. The van der Waals surface area contributed by atoms with E-state index in [2.05, 4.69) is 16.8 Å². The minimum absolute atomic E-state index is 0.633. The standard InChI is InChI=1S/C14H20F3N3/c1-2-3-6-19-7-9-20(10-8-19)13-5-4-12(11-18-13)14(15,16)17/h4-5,11H,2-3,6-10H2,1H3. The molecule has 0 saturated carbocycles. The minimum atomic E-state index is -4.32. The molecule has 2 rings (SSSR count). The molecular formula is C14H20F3N3. The summed E-state index contributed by atoms with van der Waals surface area (Å²) in [5.74, 6) is 0.633. The molecule has 0 unspecified atom stereocenters. The maximum atomic E-state index is 12.5. The fourth-order valence-corrected chi connectivity index (χ4v) is 2.32. The highest BCUT2D eigenvalue weighted by Crippen LogP contribution is 2.29. The number of unbranched alkanes of at least 4 members (excludes halogenated alkanes) is 1. The lowest BCUT2D eigenvalue weighted by molar-refractivity contribution is -0.137. The molecule has 0 radical (unpaired) electrons. The summed E-state index contributed by atoms with van der Waals surface area (Å²) in [6, 6.07) is 2.57. The van der Waals surface area contributed by atoms with Gasteiger partial charge in [0.15, 0.2) is 0 Å². The van der Waals surface area contributed by atoms with Crippen molar-refractivity contribution < 1.29 is 13.2 Å². The summed E-state index contributed by atoms with van der Waals surface area (Å²) in [4.78, 5) is 8.38. The number of rotatable bonds is 4. The molecule has 20 heavy (non-hydrogen) atoms. The van der Waals surface area contributed by atoms with Crippen LogP contribution in [0.1, 0.15) is 25.3 Å². The first-order valence-corrected chi connectivity index (χ1v) is 7.01. The fraction of sp³-hybridized carbons (Fsp3) is 0.643. The Kier molecular flexibility index (Phi) is 4.86. The minimum Gasteiger partial charge on any atom is -0.354 e. The average molecular weight is 287 g/mol. The van der Waals surface area contributed by atoms with Gasteiger partial charge in [0.05, 0.1) is 5.56 Å². The summed E-state index contributed by atoms with van der Waals surface area (Å²) < 4.78 is 37.4. The van der Waals surface area contributed by atoms with Gasteiger partial charge in [-0.15, -0.1) is 0 Å². The van der Waals surface area contributed by atoms with Gasteiger partial charge in [-0.1, -0.05) is 13.3 Å². The SMILES string of the molecule is CCCCN1CCN(c2ccc(C(F)(F)F)cn2)CC1. The van der Waals surface area contributed by atoms with Crippen LogP contribution in [0.5, 0.6) is 0 Å². The summed E-state index contributed by atoms with van der Waals surface area (Å²) in [6.07, 6.45) is -1.03. The van der Waals surface area contributed by atoms with Crippen LogP contribution in [-0.2, 0) is 6.18 Å². The largest absolute Gasteiger partial charge is 0.417 e. The number of halogens is 3. The molecule has 1 aliphatic heterocycles. The quantitative estimate of drug-likeness (QED) is 0.848. The molecule has 0 atom stereocenters. The van der Waals surface area contributed by atoms with Crippen LogP contribution in [-0.4, -0.2) is 42.6 Å². The van der Waals surface area contributed by atoms with Gasteiger partial charge in [-0.25, -0.2) is 4.98 Å². The summed E-state index contributed by atoms with van der Waals surface area (Å²) in [7, 11) is 0. The number of aromatic nitrogens is 1. The van der Waals surface area contributed by atoms with Crippen molar-refractivity contribution in [3.8, 4) is 0 Å². The van der Waals surface area contributed by atoms with Crippen molar-refractivity contribution in [1.29, 1.82) is 0 Å². The second-order valence-corrected chi connectivity index (χ2v) is 5.09. The Labute approximate surface area is 117 Å². The first-order valence-electron chi connectivity index (χ1n) is 7.01. The molecule has 1 saturated heterocycles. The third kappa shape index (κ3) is 3.85. The van der Waals surface area contributed by atoms with E-state index in [1.807, 2.05) is 4.90 Å². The van der Waals surface area contributed by atoms with Crippen LogP contribution in [0.2, 0.25) is 0 Å². The molecule has 0 aromatic carbocycles. The van der Waals surface area contributed by atoms with Crippen molar-refractivity contribution in [1.82, 2.24) is 9.88 Å². The smallest absolute Gasteiger partial charge is 0.354 e. The molecule has 6 heteroatoms. The van der Waals surface area contributed by atoms with E-state index in [-0.39, 0.29) is 0 Å². The molecule has 1 aromatic heterocycles. The first-order chi connectivity index (χ1) is 9.50. The molecule has 0 bridgehead atoms. The van der Waals surface area contributed by atoms with E-state index in [0.29, 0.717) is 5.82 Å². The van der Waals surface area contributed by atoms with Gasteiger partial charge in [0.25, 0.3) is 0 Å². The van der Waals surface area contributed by atoms with Crippen molar-refractivity contribution >= 4 is 5.82 Å². The van der Waals surface area contributed by atoms with Crippen LogP contribution in [0.15, 0.2) is 18.3 Å². The average Bonchev–Trinajstić information content (AvgIpc) is 2.45. The van der Waals surface area contributed by atoms with Crippen molar-refractivity contribution in [2.24, 2.45) is 0 Å². The molecule has 112 valence electrons. The lowest BCUT2D eigenvalue weighted by Crippen LogP contribution is -2.46. The van der Waals surface area contributed by atoms with Gasteiger partial charge in [-0.3, -0.25) is 4.90 Å². The number of pyridine rings is 1. The Hall–Kier alpha value is -1.30. The van der Waals surface area contributed by atoms with Gasteiger partial charge in [0.2, 0.25) is 0 Å². The van der Waals surface area contributed by atoms with Crippen LogP contribution >= 0.6 is 0 Å². The second-order valence-electron chi connectivity index (χ2n) is 5.09. The third-order valence-electron chi connectivity index (χ3n) is 3.60. The predicted octanol–water partition coefficient (Wildman–Crippen LogP) is 3.02. The van der Waals surface area contributed by atoms with E-state index in [4.69, 9.17) is 0 Å². The van der Waals surface area contributed by atoms with Crippen molar-refractivity contribution in [3.63, 3.8) is 0 Å². The molecule has 1 fully saturated rings. The summed E-state index contributed by atoms with van der Waals surface area (Å²) in [5.41, 5.74) is -0.692. The Balaban J connectivity index is 1.90. The summed E-state index contributed by atoms with van der Waals surface area (Å²) in [6.45, 7) is 6.81.